The molecule has 1 atom stereocenters. The molecule has 15 heavy (non-hydrogen) atoms. The van der Waals surface area contributed by atoms with Crippen LogP contribution in [0.25, 0.3) is 0 Å². The third kappa shape index (κ3) is 3.15. The Kier molecular flexibility index (Phi) is 3.98. The second kappa shape index (κ2) is 5.26. The van der Waals surface area contributed by atoms with Crippen molar-refractivity contribution in [2.75, 3.05) is 0 Å². The summed E-state index contributed by atoms with van der Waals surface area (Å²) in [6.45, 7) is 0. The van der Waals surface area contributed by atoms with Crippen molar-refractivity contribution in [2.24, 2.45) is 5.92 Å². The van der Waals surface area contributed by atoms with Gasteiger partial charge < -0.3 is 0 Å². The van der Waals surface area contributed by atoms with E-state index in [9.17, 15) is 4.79 Å². The van der Waals surface area contributed by atoms with Crippen LogP contribution in [-0.4, -0.2) is 5.78 Å². The van der Waals surface area contributed by atoms with Gasteiger partial charge in [0.05, 0.1) is 3.79 Å². The molecule has 1 aliphatic carbocycles. The number of hydrogen-bond donors (Lipinski definition) is 0. The first-order valence-corrected chi connectivity index (χ1v) is 7.13. The average molecular weight is 287 g/mol. The Morgan fingerprint density at radius 1 is 1.33 bits per heavy atom. The highest BCUT2D eigenvalue weighted by atomic mass is 79.9. The normalized spacial score (nSPS) is 22.7. The fourth-order valence-electron chi connectivity index (χ4n) is 2.15. The van der Waals surface area contributed by atoms with E-state index in [0.29, 0.717) is 5.78 Å². The van der Waals surface area contributed by atoms with Crippen LogP contribution in [0.15, 0.2) is 15.9 Å². The van der Waals surface area contributed by atoms with Gasteiger partial charge in [-0.25, -0.2) is 0 Å². The van der Waals surface area contributed by atoms with Gasteiger partial charge in [0.25, 0.3) is 0 Å². The molecular formula is C12H15BrOS. The molecule has 1 aromatic rings. The monoisotopic (exact) mass is 286 g/mol. The molecule has 1 aromatic heterocycles. The molecule has 1 unspecified atom stereocenters. The summed E-state index contributed by atoms with van der Waals surface area (Å²) in [6.07, 6.45) is 6.41. The maximum atomic E-state index is 11.8. The highest BCUT2D eigenvalue weighted by molar-refractivity contribution is 9.11. The summed E-state index contributed by atoms with van der Waals surface area (Å²) in [5.41, 5.74) is 0. The molecule has 0 bridgehead atoms. The van der Waals surface area contributed by atoms with Crippen LogP contribution in [0.3, 0.4) is 0 Å². The Labute approximate surface area is 103 Å². The summed E-state index contributed by atoms with van der Waals surface area (Å²) in [4.78, 5) is 13.2. The van der Waals surface area contributed by atoms with Crippen molar-refractivity contribution in [2.45, 2.75) is 38.5 Å². The zero-order valence-corrected chi connectivity index (χ0v) is 11.1. The van der Waals surface area contributed by atoms with E-state index in [4.69, 9.17) is 0 Å². The summed E-state index contributed by atoms with van der Waals surface area (Å²) in [6, 6.07) is 4.20. The largest absolute Gasteiger partial charge is 0.299 e. The molecule has 82 valence electrons. The topological polar surface area (TPSA) is 17.1 Å². The fourth-order valence-corrected chi connectivity index (χ4v) is 3.72. The number of halogens is 1. The highest BCUT2D eigenvalue weighted by Crippen LogP contribution is 2.28. The van der Waals surface area contributed by atoms with E-state index in [1.54, 1.807) is 11.3 Å². The van der Waals surface area contributed by atoms with Gasteiger partial charge in [0.15, 0.2) is 0 Å². The number of ketones is 1. The molecule has 2 rings (SSSR count). The highest BCUT2D eigenvalue weighted by Gasteiger charge is 2.21. The van der Waals surface area contributed by atoms with Crippen LogP contribution in [0, 0.1) is 5.92 Å². The average Bonchev–Trinajstić information content (AvgIpc) is 2.50. The Morgan fingerprint density at radius 2 is 2.20 bits per heavy atom. The summed E-state index contributed by atoms with van der Waals surface area (Å²) >= 11 is 5.22. The van der Waals surface area contributed by atoms with E-state index in [0.717, 1.165) is 25.7 Å². The Hall–Kier alpha value is -0.150. The SMILES string of the molecule is O=C1CCCCCC1Cc1ccc(Br)s1. The number of carbonyl (C=O) groups excluding carboxylic acids is 1. The number of rotatable bonds is 2. The Bertz CT molecular complexity index is 345. The van der Waals surface area contributed by atoms with Crippen molar-refractivity contribution < 1.29 is 4.79 Å². The molecule has 0 aromatic carbocycles. The minimum atomic E-state index is 0.290. The van der Waals surface area contributed by atoms with Crippen LogP contribution in [-0.2, 0) is 11.2 Å². The molecule has 0 saturated heterocycles. The fraction of sp³-hybridized carbons (Fsp3) is 0.583. The summed E-state index contributed by atoms with van der Waals surface area (Å²) < 4.78 is 1.17. The van der Waals surface area contributed by atoms with E-state index >= 15 is 0 Å². The van der Waals surface area contributed by atoms with Crippen LogP contribution in [0.2, 0.25) is 0 Å². The van der Waals surface area contributed by atoms with Gasteiger partial charge in [0.2, 0.25) is 0 Å². The van der Waals surface area contributed by atoms with E-state index in [1.165, 1.54) is 21.5 Å². The zero-order chi connectivity index (χ0) is 10.7. The quantitative estimate of drug-likeness (QED) is 0.745. The van der Waals surface area contributed by atoms with Crippen molar-refractivity contribution in [1.29, 1.82) is 0 Å². The van der Waals surface area contributed by atoms with E-state index < -0.39 is 0 Å². The van der Waals surface area contributed by atoms with Gasteiger partial charge in [-0.15, -0.1) is 11.3 Å². The molecule has 3 heteroatoms. The van der Waals surface area contributed by atoms with Gasteiger partial charge >= 0.3 is 0 Å². The molecule has 1 heterocycles. The summed E-state index contributed by atoms with van der Waals surface area (Å²) in [7, 11) is 0. The lowest BCUT2D eigenvalue weighted by Gasteiger charge is -2.10. The third-order valence-corrected chi connectivity index (χ3v) is 4.65. The van der Waals surface area contributed by atoms with Crippen molar-refractivity contribution in [1.82, 2.24) is 0 Å². The predicted molar refractivity (Wildman–Crippen MR) is 67.3 cm³/mol. The first-order chi connectivity index (χ1) is 7.25. The molecule has 0 aliphatic heterocycles. The molecular weight excluding hydrogens is 272 g/mol. The molecule has 0 spiro atoms. The first-order valence-electron chi connectivity index (χ1n) is 5.52. The van der Waals surface area contributed by atoms with Crippen molar-refractivity contribution in [3.63, 3.8) is 0 Å². The lowest BCUT2D eigenvalue weighted by molar-refractivity contribution is -0.122. The maximum Gasteiger partial charge on any atom is 0.136 e. The van der Waals surface area contributed by atoms with Gasteiger partial charge in [0, 0.05) is 17.2 Å². The number of hydrogen-bond acceptors (Lipinski definition) is 2. The Balaban J connectivity index is 2.00. The molecule has 0 amide bonds. The van der Waals surface area contributed by atoms with Crippen LogP contribution >= 0.6 is 27.3 Å². The van der Waals surface area contributed by atoms with Crippen LogP contribution in [0.1, 0.15) is 37.0 Å². The molecule has 1 nitrogen and oxygen atoms in total. The van der Waals surface area contributed by atoms with Gasteiger partial charge in [-0.3, -0.25) is 4.79 Å². The van der Waals surface area contributed by atoms with E-state index in [2.05, 4.69) is 28.1 Å². The number of carbonyl (C=O) groups is 1. The van der Waals surface area contributed by atoms with E-state index in [-0.39, 0.29) is 5.92 Å². The van der Waals surface area contributed by atoms with Crippen LogP contribution < -0.4 is 0 Å². The predicted octanol–water partition coefficient (Wildman–Crippen LogP) is 4.20. The maximum absolute atomic E-state index is 11.8. The summed E-state index contributed by atoms with van der Waals surface area (Å²) in [5.74, 6) is 0.773. The Morgan fingerprint density at radius 3 is 2.93 bits per heavy atom. The smallest absolute Gasteiger partial charge is 0.136 e. The lowest BCUT2D eigenvalue weighted by atomic mass is 9.95. The van der Waals surface area contributed by atoms with E-state index in [1.807, 2.05) is 0 Å². The number of Topliss-reactive ketones (excluding diaryl/α,β-unsaturated/α-hetero) is 1. The standard InChI is InChI=1S/C12H15BrOS/c13-12-7-6-10(15-12)8-9-4-2-1-3-5-11(9)14/h6-7,9H,1-5,8H2. The molecule has 0 N–H and O–H groups in total. The first kappa shape index (κ1) is 11.3. The number of thiophene rings is 1. The van der Waals surface area contributed by atoms with Gasteiger partial charge in [-0.2, -0.15) is 0 Å². The van der Waals surface area contributed by atoms with Crippen molar-refractivity contribution in [3.8, 4) is 0 Å². The minimum Gasteiger partial charge on any atom is -0.299 e. The second-order valence-electron chi connectivity index (χ2n) is 4.17. The molecule has 1 aliphatic rings. The third-order valence-electron chi connectivity index (χ3n) is 3.01. The van der Waals surface area contributed by atoms with Crippen molar-refractivity contribution >= 4 is 33.0 Å². The van der Waals surface area contributed by atoms with Crippen LogP contribution in [0.5, 0.6) is 0 Å². The molecule has 0 radical (unpaired) electrons. The summed E-state index contributed by atoms with van der Waals surface area (Å²) in [5, 5.41) is 0. The van der Waals surface area contributed by atoms with Gasteiger partial charge in [0.1, 0.15) is 5.78 Å². The van der Waals surface area contributed by atoms with Crippen molar-refractivity contribution in [3.05, 3.63) is 20.8 Å². The molecule has 1 fully saturated rings. The van der Waals surface area contributed by atoms with Gasteiger partial charge in [-0.05, 0) is 47.3 Å². The second-order valence-corrected chi connectivity index (χ2v) is 6.72. The lowest BCUT2D eigenvalue weighted by Crippen LogP contribution is -2.14. The van der Waals surface area contributed by atoms with Crippen LogP contribution in [0.4, 0.5) is 0 Å². The minimum absolute atomic E-state index is 0.290. The van der Waals surface area contributed by atoms with Gasteiger partial charge in [-0.1, -0.05) is 12.8 Å². The zero-order valence-electron chi connectivity index (χ0n) is 8.67. The molecule has 1 saturated carbocycles.